The Labute approximate surface area is 145 Å². The van der Waals surface area contributed by atoms with Crippen LogP contribution in [0.1, 0.15) is 26.4 Å². The predicted molar refractivity (Wildman–Crippen MR) is 85.7 cm³/mol. The van der Waals surface area contributed by atoms with E-state index in [-0.39, 0.29) is 17.4 Å². The number of nitrogens with one attached hydrogen (secondary N) is 2. The van der Waals surface area contributed by atoms with Crippen LogP contribution in [0.3, 0.4) is 0 Å². The van der Waals surface area contributed by atoms with Crippen molar-refractivity contribution in [3.63, 3.8) is 0 Å². The largest absolute Gasteiger partial charge is 0.417 e. The average Bonchev–Trinajstić information content (AvgIpc) is 3.03. The van der Waals surface area contributed by atoms with Crippen LogP contribution in [-0.2, 0) is 10.9 Å². The lowest BCUT2D eigenvalue weighted by Crippen LogP contribution is -2.27. The smallest absolute Gasteiger partial charge is 0.383 e. The van der Waals surface area contributed by atoms with Gasteiger partial charge < -0.3 is 10.1 Å². The number of amides is 2. The Bertz CT molecular complexity index is 762. The number of anilines is 1. The zero-order valence-electron chi connectivity index (χ0n) is 13.0. The number of benzene rings is 1. The molecule has 0 radical (unpaired) electrons. The molecule has 0 saturated heterocycles. The summed E-state index contributed by atoms with van der Waals surface area (Å²) in [5, 5.41) is 6.25. The Morgan fingerprint density at radius 2 is 1.96 bits per heavy atom. The molecule has 1 heterocycles. The minimum Gasteiger partial charge on any atom is -0.383 e. The molecule has 0 spiro atoms. The Hall–Kier alpha value is -2.46. The molecule has 2 N–H and O–H groups in total. The number of ether oxygens (including phenoxy) is 1. The quantitative estimate of drug-likeness (QED) is 0.763. The maximum absolute atomic E-state index is 12.9. The van der Waals surface area contributed by atoms with Gasteiger partial charge in [-0.15, -0.1) is 11.3 Å². The third-order valence-corrected chi connectivity index (χ3v) is 3.78. The number of aromatic nitrogens is 1. The summed E-state index contributed by atoms with van der Waals surface area (Å²) in [6, 6.07) is 4.43. The number of nitrogens with zero attached hydrogens (tertiary/aromatic N) is 1. The van der Waals surface area contributed by atoms with E-state index in [0.29, 0.717) is 6.61 Å². The first kappa shape index (κ1) is 18.9. The van der Waals surface area contributed by atoms with Crippen molar-refractivity contribution >= 4 is 28.3 Å². The Kier molecular flexibility index (Phi) is 6.10. The monoisotopic (exact) mass is 373 g/mol. The van der Waals surface area contributed by atoms with Crippen molar-refractivity contribution in [3.05, 3.63) is 46.5 Å². The van der Waals surface area contributed by atoms with Crippen LogP contribution in [0.4, 0.5) is 18.3 Å². The molecule has 0 saturated carbocycles. The molecule has 0 fully saturated rings. The fraction of sp³-hybridized carbons (Fsp3) is 0.267. The first-order valence-corrected chi connectivity index (χ1v) is 7.91. The number of methoxy groups -OCH3 is 1. The van der Waals surface area contributed by atoms with Crippen LogP contribution in [0.5, 0.6) is 0 Å². The minimum atomic E-state index is -4.65. The number of thiazole rings is 1. The van der Waals surface area contributed by atoms with E-state index in [2.05, 4.69) is 15.6 Å². The van der Waals surface area contributed by atoms with Crippen molar-refractivity contribution in [1.29, 1.82) is 0 Å². The van der Waals surface area contributed by atoms with Gasteiger partial charge in [0.25, 0.3) is 11.8 Å². The van der Waals surface area contributed by atoms with E-state index in [1.54, 1.807) is 0 Å². The summed E-state index contributed by atoms with van der Waals surface area (Å²) < 4.78 is 43.6. The molecule has 1 aromatic heterocycles. The number of halogens is 3. The minimum absolute atomic E-state index is 0.0267. The highest BCUT2D eigenvalue weighted by molar-refractivity contribution is 7.14. The van der Waals surface area contributed by atoms with Gasteiger partial charge in [-0.05, 0) is 12.1 Å². The molecule has 10 heteroatoms. The standard InChI is InChI=1S/C15H14F3N3O3S/c1-24-7-6-19-13(23)11-8-25-14(20-11)21-12(22)9-4-2-3-5-10(9)15(16,17)18/h2-5,8H,6-7H2,1H3,(H,19,23)(H,20,21,22). The van der Waals surface area contributed by atoms with Gasteiger partial charge in [0.1, 0.15) is 5.69 Å². The van der Waals surface area contributed by atoms with Crippen molar-refractivity contribution in [3.8, 4) is 0 Å². The lowest BCUT2D eigenvalue weighted by Gasteiger charge is -2.11. The second kappa shape index (κ2) is 8.08. The van der Waals surface area contributed by atoms with Gasteiger partial charge in [-0.25, -0.2) is 4.98 Å². The molecule has 2 amide bonds. The first-order chi connectivity index (χ1) is 11.8. The van der Waals surface area contributed by atoms with E-state index >= 15 is 0 Å². The van der Waals surface area contributed by atoms with Crippen molar-refractivity contribution in [1.82, 2.24) is 10.3 Å². The molecule has 0 aliphatic rings. The van der Waals surface area contributed by atoms with E-state index in [1.165, 1.54) is 24.6 Å². The third kappa shape index (κ3) is 5.00. The number of carbonyl (C=O) groups is 2. The van der Waals surface area contributed by atoms with E-state index < -0.39 is 29.1 Å². The Balaban J connectivity index is 2.09. The first-order valence-electron chi connectivity index (χ1n) is 7.03. The fourth-order valence-corrected chi connectivity index (χ4v) is 2.57. The molecule has 134 valence electrons. The van der Waals surface area contributed by atoms with Gasteiger partial charge in [-0.3, -0.25) is 14.9 Å². The highest BCUT2D eigenvalue weighted by Gasteiger charge is 2.35. The Morgan fingerprint density at radius 1 is 1.24 bits per heavy atom. The molecule has 2 aromatic rings. The number of hydrogen-bond acceptors (Lipinski definition) is 5. The third-order valence-electron chi connectivity index (χ3n) is 3.03. The van der Waals surface area contributed by atoms with Gasteiger partial charge in [-0.1, -0.05) is 12.1 Å². The fourth-order valence-electron chi connectivity index (χ4n) is 1.89. The summed E-state index contributed by atoms with van der Waals surface area (Å²) in [7, 11) is 1.49. The lowest BCUT2D eigenvalue weighted by molar-refractivity contribution is -0.137. The normalized spacial score (nSPS) is 11.2. The lowest BCUT2D eigenvalue weighted by atomic mass is 10.1. The van der Waals surface area contributed by atoms with Gasteiger partial charge in [0.15, 0.2) is 5.13 Å². The molecule has 1 aromatic carbocycles. The van der Waals surface area contributed by atoms with Crippen LogP contribution in [0, 0.1) is 0 Å². The topological polar surface area (TPSA) is 80.3 Å². The number of rotatable bonds is 6. The number of hydrogen-bond donors (Lipinski definition) is 2. The van der Waals surface area contributed by atoms with Crippen LogP contribution in [0.15, 0.2) is 29.6 Å². The molecule has 0 unspecified atom stereocenters. The van der Waals surface area contributed by atoms with Crippen molar-refractivity contribution in [2.24, 2.45) is 0 Å². The SMILES string of the molecule is COCCNC(=O)c1csc(NC(=O)c2ccccc2C(F)(F)F)n1. The summed E-state index contributed by atoms with van der Waals surface area (Å²) in [6.07, 6.45) is -4.65. The Morgan fingerprint density at radius 3 is 2.64 bits per heavy atom. The zero-order chi connectivity index (χ0) is 18.4. The molecule has 0 aliphatic carbocycles. The molecular weight excluding hydrogens is 359 g/mol. The molecule has 0 aliphatic heterocycles. The summed E-state index contributed by atoms with van der Waals surface area (Å²) in [4.78, 5) is 27.8. The van der Waals surface area contributed by atoms with Crippen molar-refractivity contribution in [2.45, 2.75) is 6.18 Å². The maximum atomic E-state index is 12.9. The number of alkyl halides is 3. The molecule has 25 heavy (non-hydrogen) atoms. The van der Waals surface area contributed by atoms with Crippen LogP contribution in [0.25, 0.3) is 0 Å². The second-order valence-electron chi connectivity index (χ2n) is 4.78. The zero-order valence-corrected chi connectivity index (χ0v) is 13.8. The van der Waals surface area contributed by atoms with Gasteiger partial charge >= 0.3 is 6.18 Å². The summed E-state index contributed by atoms with van der Waals surface area (Å²) in [6.45, 7) is 0.612. The van der Waals surface area contributed by atoms with Gasteiger partial charge in [0.05, 0.1) is 17.7 Å². The average molecular weight is 373 g/mol. The van der Waals surface area contributed by atoms with Gasteiger partial charge in [0, 0.05) is 19.0 Å². The predicted octanol–water partition coefficient (Wildman–Crippen LogP) is 2.79. The van der Waals surface area contributed by atoms with Crippen LogP contribution in [-0.4, -0.2) is 37.1 Å². The highest BCUT2D eigenvalue weighted by atomic mass is 32.1. The van der Waals surface area contributed by atoms with E-state index in [9.17, 15) is 22.8 Å². The summed E-state index contributed by atoms with van der Waals surface area (Å²) in [5.74, 6) is -1.42. The van der Waals surface area contributed by atoms with Gasteiger partial charge in [0.2, 0.25) is 0 Å². The van der Waals surface area contributed by atoms with Gasteiger partial charge in [-0.2, -0.15) is 13.2 Å². The highest BCUT2D eigenvalue weighted by Crippen LogP contribution is 2.32. The maximum Gasteiger partial charge on any atom is 0.417 e. The molecule has 0 bridgehead atoms. The summed E-state index contributed by atoms with van der Waals surface area (Å²) >= 11 is 0.937. The van der Waals surface area contributed by atoms with E-state index in [4.69, 9.17) is 4.74 Å². The van der Waals surface area contributed by atoms with Crippen molar-refractivity contribution in [2.75, 3.05) is 25.6 Å². The summed E-state index contributed by atoms with van der Waals surface area (Å²) in [5.41, 5.74) is -1.50. The van der Waals surface area contributed by atoms with Crippen LogP contribution < -0.4 is 10.6 Å². The molecule has 6 nitrogen and oxygen atoms in total. The second-order valence-corrected chi connectivity index (χ2v) is 5.64. The van der Waals surface area contributed by atoms with Crippen LogP contribution >= 0.6 is 11.3 Å². The molecule has 0 atom stereocenters. The van der Waals surface area contributed by atoms with Crippen LogP contribution in [0.2, 0.25) is 0 Å². The van der Waals surface area contributed by atoms with E-state index in [1.807, 2.05) is 0 Å². The van der Waals surface area contributed by atoms with E-state index in [0.717, 1.165) is 23.5 Å². The molecule has 2 rings (SSSR count). The van der Waals surface area contributed by atoms with Crippen molar-refractivity contribution < 1.29 is 27.5 Å². The number of carbonyl (C=O) groups excluding carboxylic acids is 2. The molecular formula is C15H14F3N3O3S.